The fourth-order valence-electron chi connectivity index (χ4n) is 0.215. The van der Waals surface area contributed by atoms with Gasteiger partial charge in [-0.15, -0.1) is 0 Å². The molecule has 0 fully saturated rings. The Morgan fingerprint density at radius 3 is 0.739 bits per heavy atom. The summed E-state index contributed by atoms with van der Waals surface area (Å²) in [5, 5.41) is 0. The third kappa shape index (κ3) is 51.9. The highest BCUT2D eigenvalue weighted by molar-refractivity contribution is 7.44. The Bertz CT molecular complexity index is 255. The lowest BCUT2D eigenvalue weighted by Crippen LogP contribution is -1.73. The monoisotopic (exact) mass is 436 g/mol. The van der Waals surface area contributed by atoms with E-state index in [0.29, 0.717) is 0 Å². The number of methoxy groups -OCH3 is 2. The maximum Gasteiger partial charge on any atom is 0.166 e. The van der Waals surface area contributed by atoms with Crippen molar-refractivity contribution < 1.29 is 9.47 Å². The molecule has 0 bridgehead atoms. The zero-order chi connectivity index (χ0) is 18.6. The highest BCUT2D eigenvalue weighted by atomic mass is 31.1. The number of aromatic nitrogens is 6. The first kappa shape index (κ1) is 31.3. The molecule has 0 unspecified atom stereocenters. The summed E-state index contributed by atoms with van der Waals surface area (Å²) in [5.74, 6) is 0. The van der Waals surface area contributed by atoms with Gasteiger partial charge in [-0.2, -0.15) is 27.1 Å². The molecule has 8 nitrogen and oxygen atoms in total. The number of hydrogen-bond donors (Lipinski definition) is 0. The largest absolute Gasteiger partial charge is 0.388 e. The zero-order valence-corrected chi connectivity index (χ0v) is 20.3. The molecule has 2 aromatic heterocycles. The molecule has 0 aromatic carbocycles. The van der Waals surface area contributed by atoms with Crippen molar-refractivity contribution in [2.45, 2.75) is 34.6 Å². The van der Waals surface area contributed by atoms with E-state index in [1.165, 1.54) is 0 Å². The van der Waals surface area contributed by atoms with Crippen LogP contribution < -0.4 is 0 Å². The van der Waals surface area contributed by atoms with Gasteiger partial charge in [0, 0.05) is 27.9 Å². The van der Waals surface area contributed by atoms with Gasteiger partial charge in [-0.1, -0.05) is 27.7 Å². The van der Waals surface area contributed by atoms with E-state index in [2.05, 4.69) is 36.5 Å². The van der Waals surface area contributed by atoms with Gasteiger partial charge in [-0.05, 0) is 6.92 Å². The second-order valence-corrected chi connectivity index (χ2v) is 7.43. The topological polar surface area (TPSA) is 95.8 Å². The molecule has 2 heterocycles. The van der Waals surface area contributed by atoms with Crippen LogP contribution in [0.15, 0.2) is 0 Å². The van der Waals surface area contributed by atoms with Crippen molar-refractivity contribution in [3.63, 3.8) is 0 Å². The summed E-state index contributed by atoms with van der Waals surface area (Å²) in [5.41, 5.74) is 0. The van der Waals surface area contributed by atoms with Crippen LogP contribution in [0.25, 0.3) is 0 Å². The van der Waals surface area contributed by atoms with Gasteiger partial charge in [-0.25, -0.2) is 0 Å². The van der Waals surface area contributed by atoms with E-state index in [4.69, 9.17) is 0 Å². The molecular weight excluding hydrogens is 410 g/mol. The third-order valence-electron chi connectivity index (χ3n) is 0.769. The molecule has 0 aliphatic rings. The molecule has 0 amide bonds. The SMILES string of the molecule is CC.CC.CCOC.COC.n1pnpnp1.n1pnpnp1. The van der Waals surface area contributed by atoms with Crippen molar-refractivity contribution >= 4 is 51.1 Å². The predicted molar refractivity (Wildman–Crippen MR) is 108 cm³/mol. The molecule has 0 N–H and O–H groups in total. The first-order valence-corrected chi connectivity index (χ1v) is 11.4. The molecule has 23 heavy (non-hydrogen) atoms. The van der Waals surface area contributed by atoms with Gasteiger partial charge in [0.2, 0.25) is 0 Å². The van der Waals surface area contributed by atoms with Crippen LogP contribution in [0, 0.1) is 0 Å². The normalized spacial score (nSPS) is 8.87. The number of ether oxygens (including phenoxy) is 2. The molecule has 134 valence electrons. The molecule has 0 spiro atoms. The number of hydrogen-bond acceptors (Lipinski definition) is 8. The summed E-state index contributed by atoms with van der Waals surface area (Å²) in [4.78, 5) is 0. The molecule has 0 aliphatic heterocycles. The van der Waals surface area contributed by atoms with Gasteiger partial charge in [0.15, 0.2) is 51.1 Å². The highest BCUT2D eigenvalue weighted by Gasteiger charge is 1.65. The van der Waals surface area contributed by atoms with Crippen LogP contribution in [0.5, 0.6) is 0 Å². The third-order valence-corrected chi connectivity index (χ3v) is 4.61. The summed E-state index contributed by atoms with van der Waals surface area (Å²) in [6.07, 6.45) is 0. The summed E-state index contributed by atoms with van der Waals surface area (Å²) in [7, 11) is 9.91. The van der Waals surface area contributed by atoms with E-state index in [0.717, 1.165) is 57.7 Å². The summed E-state index contributed by atoms with van der Waals surface area (Å²) in [6.45, 7) is 10.8. The average molecular weight is 436 g/mol. The summed E-state index contributed by atoms with van der Waals surface area (Å²) < 4.78 is 31.5. The van der Waals surface area contributed by atoms with Crippen LogP contribution in [0.1, 0.15) is 34.6 Å². The van der Waals surface area contributed by atoms with E-state index < -0.39 is 0 Å². The molecule has 0 saturated carbocycles. The van der Waals surface area contributed by atoms with Crippen LogP contribution in [0.2, 0.25) is 0 Å². The van der Waals surface area contributed by atoms with Crippen LogP contribution in [-0.4, -0.2) is 55.0 Å². The quantitative estimate of drug-likeness (QED) is 0.522. The van der Waals surface area contributed by atoms with Crippen molar-refractivity contribution in [1.29, 1.82) is 0 Å². The average Bonchev–Trinajstić information content (AvgIpc) is 2.69. The van der Waals surface area contributed by atoms with Crippen LogP contribution in [-0.2, 0) is 9.47 Å². The van der Waals surface area contributed by atoms with Gasteiger partial charge in [-0.3, -0.25) is 0 Å². The van der Waals surface area contributed by atoms with Crippen molar-refractivity contribution in [3.8, 4) is 0 Å². The van der Waals surface area contributed by atoms with E-state index in [-0.39, 0.29) is 0 Å². The predicted octanol–water partition coefficient (Wildman–Crippen LogP) is 6.19. The van der Waals surface area contributed by atoms with Gasteiger partial charge in [0.05, 0.1) is 0 Å². The zero-order valence-electron chi connectivity index (χ0n) is 14.9. The maximum absolute atomic E-state index is 4.54. The minimum Gasteiger partial charge on any atom is -0.388 e. The minimum absolute atomic E-state index is 0.819. The second-order valence-electron chi connectivity index (χ2n) is 2.06. The molecular formula is C9H26N6O2P6. The van der Waals surface area contributed by atoms with Crippen molar-refractivity contribution in [3.05, 3.63) is 0 Å². The number of nitrogens with zero attached hydrogens (tertiary/aromatic N) is 6. The van der Waals surface area contributed by atoms with Crippen molar-refractivity contribution in [2.75, 3.05) is 27.9 Å². The van der Waals surface area contributed by atoms with Gasteiger partial charge in [0.1, 0.15) is 0 Å². The molecule has 0 atom stereocenters. The lowest BCUT2D eigenvalue weighted by atomic mass is 10.9. The minimum atomic E-state index is 0.819. The first-order chi connectivity index (χ1) is 11.3. The number of rotatable bonds is 1. The Morgan fingerprint density at radius 2 is 0.696 bits per heavy atom. The Morgan fingerprint density at radius 1 is 0.565 bits per heavy atom. The van der Waals surface area contributed by atoms with E-state index in [1.54, 1.807) is 21.3 Å². The summed E-state index contributed by atoms with van der Waals surface area (Å²) in [6, 6.07) is 0. The Hall–Kier alpha value is 0.520. The Balaban J connectivity index is -0.000000101. The van der Waals surface area contributed by atoms with E-state index in [1.807, 2.05) is 34.6 Å². The van der Waals surface area contributed by atoms with Gasteiger partial charge >= 0.3 is 0 Å². The molecule has 2 rings (SSSR count). The standard InChI is InChI=1S/C3H8O.C2H6O.2C2H6.2N3P3/c1-3-4-2;1-3-2;2*1-2;2*1-4-2-6-3-5-1/h3H2,1-2H3;1-2H3;2*1-2H3;;. The molecule has 2 aromatic rings. The fourth-order valence-corrected chi connectivity index (χ4v) is 3.86. The first-order valence-electron chi connectivity index (χ1n) is 6.62. The molecule has 14 heteroatoms. The van der Waals surface area contributed by atoms with Gasteiger partial charge in [0.25, 0.3) is 0 Å². The van der Waals surface area contributed by atoms with E-state index >= 15 is 0 Å². The van der Waals surface area contributed by atoms with Crippen LogP contribution in [0.3, 0.4) is 0 Å². The Kier molecular flexibility index (Phi) is 58.9. The highest BCUT2D eigenvalue weighted by Crippen LogP contribution is 2.01. The maximum atomic E-state index is 4.54. The van der Waals surface area contributed by atoms with Crippen LogP contribution in [0.4, 0.5) is 0 Å². The van der Waals surface area contributed by atoms with E-state index in [9.17, 15) is 0 Å². The smallest absolute Gasteiger partial charge is 0.166 e. The summed E-state index contributed by atoms with van der Waals surface area (Å²) >= 11 is 0. The van der Waals surface area contributed by atoms with Gasteiger partial charge < -0.3 is 9.47 Å². The molecule has 0 radical (unpaired) electrons. The lowest BCUT2D eigenvalue weighted by Gasteiger charge is -1.76. The lowest BCUT2D eigenvalue weighted by molar-refractivity contribution is 0.215. The Labute approximate surface area is 150 Å². The van der Waals surface area contributed by atoms with Crippen molar-refractivity contribution in [2.24, 2.45) is 0 Å². The molecule has 0 aliphatic carbocycles. The fraction of sp³-hybridized carbons (Fsp3) is 1.00. The van der Waals surface area contributed by atoms with Crippen LogP contribution >= 0.6 is 51.1 Å². The second kappa shape index (κ2) is 43.3. The molecule has 0 saturated heterocycles. The van der Waals surface area contributed by atoms with Crippen molar-refractivity contribution in [1.82, 2.24) is 27.1 Å².